The lowest BCUT2D eigenvalue weighted by Gasteiger charge is -2.22. The summed E-state index contributed by atoms with van der Waals surface area (Å²) < 4.78 is 5.68. The maximum atomic E-state index is 5.68. The number of hydrogen-bond acceptors (Lipinski definition) is 4. The van der Waals surface area contributed by atoms with Crippen LogP contribution in [-0.2, 0) is 13.0 Å². The maximum Gasteiger partial charge on any atom is 0.154 e. The molecule has 0 unspecified atom stereocenters. The lowest BCUT2D eigenvalue weighted by Crippen LogP contribution is -2.22. The van der Waals surface area contributed by atoms with Crippen molar-refractivity contribution < 1.29 is 4.52 Å². The fourth-order valence-corrected chi connectivity index (χ4v) is 3.88. The lowest BCUT2D eigenvalue weighted by atomic mass is 10.0. The Hall–Kier alpha value is -2.40. The van der Waals surface area contributed by atoms with Crippen molar-refractivity contribution >= 4 is 0 Å². The van der Waals surface area contributed by atoms with Gasteiger partial charge in [-0.15, -0.1) is 0 Å². The van der Waals surface area contributed by atoms with Crippen molar-refractivity contribution in [1.82, 2.24) is 20.3 Å². The molecule has 1 saturated heterocycles. The Kier molecular flexibility index (Phi) is 5.12. The number of benzene rings is 1. The van der Waals surface area contributed by atoms with Crippen LogP contribution in [0.25, 0.3) is 11.3 Å². The summed E-state index contributed by atoms with van der Waals surface area (Å²) in [6.45, 7) is 8.41. The normalized spacial score (nSPS) is 17.9. The number of nitrogens with zero attached hydrogens (tertiary/aromatic N) is 3. The van der Waals surface area contributed by atoms with Gasteiger partial charge in [0.05, 0.1) is 23.6 Å². The van der Waals surface area contributed by atoms with E-state index in [0.29, 0.717) is 12.0 Å². The maximum absolute atomic E-state index is 5.68. The van der Waals surface area contributed by atoms with Crippen molar-refractivity contribution in [1.29, 1.82) is 0 Å². The van der Waals surface area contributed by atoms with Gasteiger partial charge in [-0.05, 0) is 42.9 Å². The molecule has 142 valence electrons. The number of likely N-dealkylation sites (tertiary alicyclic amines) is 1. The quantitative estimate of drug-likeness (QED) is 0.662. The average Bonchev–Trinajstić information content (AvgIpc) is 3.42. The monoisotopic (exact) mass is 364 g/mol. The predicted molar refractivity (Wildman–Crippen MR) is 106 cm³/mol. The fourth-order valence-electron chi connectivity index (χ4n) is 3.88. The van der Waals surface area contributed by atoms with E-state index in [-0.39, 0.29) is 0 Å². The third kappa shape index (κ3) is 3.69. The Morgan fingerprint density at radius 2 is 2.07 bits per heavy atom. The Morgan fingerprint density at radius 3 is 2.78 bits per heavy atom. The molecule has 0 aliphatic carbocycles. The molecule has 2 aromatic heterocycles. The standard InChI is InChI=1S/C22H28N4O/c1-4-16-7-9-17(10-8-16)22-18(13-23-24-22)14-26-11-5-6-20(26)21-12-19(15(2)3)25-27-21/h7-10,12-13,15,20H,4-6,11,14H2,1-3H3,(H,23,24)/t20-/m0/s1. The zero-order chi connectivity index (χ0) is 18.8. The Morgan fingerprint density at radius 1 is 1.26 bits per heavy atom. The molecular formula is C22H28N4O. The van der Waals surface area contributed by atoms with Crippen LogP contribution in [0.15, 0.2) is 41.1 Å². The van der Waals surface area contributed by atoms with Crippen LogP contribution in [0, 0.1) is 0 Å². The van der Waals surface area contributed by atoms with E-state index in [9.17, 15) is 0 Å². The van der Waals surface area contributed by atoms with E-state index in [1.54, 1.807) is 0 Å². The first kappa shape index (κ1) is 18.0. The number of hydrogen-bond donors (Lipinski definition) is 1. The van der Waals surface area contributed by atoms with Gasteiger partial charge in [-0.1, -0.05) is 50.2 Å². The second-order valence-electron chi connectivity index (χ2n) is 7.76. The summed E-state index contributed by atoms with van der Waals surface area (Å²) in [5, 5.41) is 11.8. The third-order valence-corrected chi connectivity index (χ3v) is 5.57. The molecule has 5 heteroatoms. The summed E-state index contributed by atoms with van der Waals surface area (Å²) in [5.41, 5.74) is 5.93. The minimum Gasteiger partial charge on any atom is -0.359 e. The number of aryl methyl sites for hydroxylation is 1. The predicted octanol–water partition coefficient (Wildman–Crippen LogP) is 5.09. The first-order valence-corrected chi connectivity index (χ1v) is 9.97. The van der Waals surface area contributed by atoms with E-state index in [1.165, 1.54) is 23.1 Å². The van der Waals surface area contributed by atoms with Crippen LogP contribution in [0.4, 0.5) is 0 Å². The Labute approximate surface area is 160 Å². The van der Waals surface area contributed by atoms with Crippen molar-refractivity contribution in [2.45, 2.75) is 58.5 Å². The molecule has 0 amide bonds. The molecule has 1 aliphatic heterocycles. The van der Waals surface area contributed by atoms with Gasteiger partial charge in [-0.3, -0.25) is 10.00 Å². The van der Waals surface area contributed by atoms with Crippen LogP contribution >= 0.6 is 0 Å². The molecule has 0 radical (unpaired) electrons. The summed E-state index contributed by atoms with van der Waals surface area (Å²) >= 11 is 0. The van der Waals surface area contributed by atoms with Crippen LogP contribution in [0.3, 0.4) is 0 Å². The van der Waals surface area contributed by atoms with Gasteiger partial charge >= 0.3 is 0 Å². The summed E-state index contributed by atoms with van der Waals surface area (Å²) in [6, 6.07) is 11.2. The second-order valence-corrected chi connectivity index (χ2v) is 7.76. The largest absolute Gasteiger partial charge is 0.359 e. The highest BCUT2D eigenvalue weighted by Gasteiger charge is 2.30. The summed E-state index contributed by atoms with van der Waals surface area (Å²) in [5.74, 6) is 1.39. The third-order valence-electron chi connectivity index (χ3n) is 5.57. The number of H-pyrrole nitrogens is 1. The van der Waals surface area contributed by atoms with Gasteiger partial charge in [-0.2, -0.15) is 5.10 Å². The molecule has 3 aromatic rings. The van der Waals surface area contributed by atoms with E-state index < -0.39 is 0 Å². The fraction of sp³-hybridized carbons (Fsp3) is 0.455. The van der Waals surface area contributed by atoms with Gasteiger partial charge in [0.25, 0.3) is 0 Å². The molecule has 27 heavy (non-hydrogen) atoms. The number of aromatic nitrogens is 3. The molecular weight excluding hydrogens is 336 g/mol. The Balaban J connectivity index is 1.54. The summed E-state index contributed by atoms with van der Waals surface area (Å²) in [6.07, 6.45) is 5.31. The molecule has 0 spiro atoms. The Bertz CT molecular complexity index is 878. The number of nitrogens with one attached hydrogen (secondary N) is 1. The smallest absolute Gasteiger partial charge is 0.154 e. The van der Waals surface area contributed by atoms with E-state index in [1.807, 2.05) is 6.20 Å². The zero-order valence-electron chi connectivity index (χ0n) is 16.4. The minimum atomic E-state index is 0.301. The molecule has 4 rings (SSSR count). The van der Waals surface area contributed by atoms with Crippen LogP contribution in [0.1, 0.15) is 68.2 Å². The van der Waals surface area contributed by atoms with Gasteiger partial charge in [-0.25, -0.2) is 0 Å². The van der Waals surface area contributed by atoms with Crippen molar-refractivity contribution in [3.05, 3.63) is 59.1 Å². The molecule has 0 saturated carbocycles. The average molecular weight is 364 g/mol. The van der Waals surface area contributed by atoms with Crippen LogP contribution in [0.5, 0.6) is 0 Å². The summed E-state index contributed by atoms with van der Waals surface area (Å²) in [7, 11) is 0. The van der Waals surface area contributed by atoms with Gasteiger partial charge in [0, 0.05) is 18.2 Å². The summed E-state index contributed by atoms with van der Waals surface area (Å²) in [4.78, 5) is 2.49. The van der Waals surface area contributed by atoms with E-state index >= 15 is 0 Å². The van der Waals surface area contributed by atoms with Crippen molar-refractivity contribution in [2.24, 2.45) is 0 Å². The highest BCUT2D eigenvalue weighted by molar-refractivity contribution is 5.62. The highest BCUT2D eigenvalue weighted by atomic mass is 16.5. The zero-order valence-corrected chi connectivity index (χ0v) is 16.4. The van der Waals surface area contributed by atoms with Gasteiger partial charge in [0.1, 0.15) is 0 Å². The molecule has 1 fully saturated rings. The molecule has 1 N–H and O–H groups in total. The highest BCUT2D eigenvalue weighted by Crippen LogP contribution is 2.35. The van der Waals surface area contributed by atoms with E-state index in [2.05, 4.69) is 71.4 Å². The van der Waals surface area contributed by atoms with Crippen molar-refractivity contribution in [3.63, 3.8) is 0 Å². The SMILES string of the molecule is CCc1ccc(-c2[nH]ncc2CN2CCC[C@H]2c2cc(C(C)C)no2)cc1. The van der Waals surface area contributed by atoms with Gasteiger partial charge < -0.3 is 4.52 Å². The van der Waals surface area contributed by atoms with E-state index in [0.717, 1.165) is 43.1 Å². The van der Waals surface area contributed by atoms with E-state index in [4.69, 9.17) is 4.52 Å². The molecule has 3 heterocycles. The minimum absolute atomic E-state index is 0.301. The number of rotatable bonds is 6. The second kappa shape index (κ2) is 7.69. The molecule has 5 nitrogen and oxygen atoms in total. The molecule has 1 aliphatic rings. The number of aromatic amines is 1. The topological polar surface area (TPSA) is 58.0 Å². The van der Waals surface area contributed by atoms with Gasteiger partial charge in [0.2, 0.25) is 0 Å². The van der Waals surface area contributed by atoms with Crippen molar-refractivity contribution in [2.75, 3.05) is 6.54 Å². The first-order valence-electron chi connectivity index (χ1n) is 9.97. The van der Waals surface area contributed by atoms with Crippen LogP contribution in [-0.4, -0.2) is 26.8 Å². The van der Waals surface area contributed by atoms with Crippen molar-refractivity contribution in [3.8, 4) is 11.3 Å². The lowest BCUT2D eigenvalue weighted by molar-refractivity contribution is 0.206. The molecule has 0 bridgehead atoms. The molecule has 1 atom stereocenters. The van der Waals surface area contributed by atoms with Crippen LogP contribution < -0.4 is 0 Å². The molecule has 1 aromatic carbocycles. The first-order chi connectivity index (χ1) is 13.2. The van der Waals surface area contributed by atoms with Gasteiger partial charge in [0.15, 0.2) is 5.76 Å². The van der Waals surface area contributed by atoms with Crippen LogP contribution in [0.2, 0.25) is 0 Å².